The lowest BCUT2D eigenvalue weighted by Crippen LogP contribution is -2.43. The van der Waals surface area contributed by atoms with Gasteiger partial charge in [0.25, 0.3) is 0 Å². The fraction of sp³-hybridized carbons (Fsp3) is 0.769. The number of nitrogens with zero attached hydrogens (tertiary/aromatic N) is 2. The van der Waals surface area contributed by atoms with Gasteiger partial charge < -0.3 is 15.1 Å². The molecule has 0 spiro atoms. The molecule has 0 aromatic carbocycles. The molecule has 0 saturated carbocycles. The van der Waals surface area contributed by atoms with Crippen molar-refractivity contribution in [3.8, 4) is 0 Å². The van der Waals surface area contributed by atoms with E-state index in [0.717, 1.165) is 13.1 Å². The van der Waals surface area contributed by atoms with E-state index in [9.17, 15) is 4.79 Å². The summed E-state index contributed by atoms with van der Waals surface area (Å²) in [5.74, 6) is -0.0609. The van der Waals surface area contributed by atoms with Gasteiger partial charge in [0.15, 0.2) is 0 Å². The Morgan fingerprint density at radius 3 is 2.12 bits per heavy atom. The van der Waals surface area contributed by atoms with E-state index in [1.54, 1.807) is 0 Å². The maximum absolute atomic E-state index is 11.8. The molecule has 0 aliphatic rings. The quantitative estimate of drug-likeness (QED) is 0.703. The summed E-state index contributed by atoms with van der Waals surface area (Å²) >= 11 is 0. The van der Waals surface area contributed by atoms with Crippen LogP contribution in [0.5, 0.6) is 0 Å². The number of likely N-dealkylation sites (N-methyl/N-ethyl adjacent to an activating group) is 2. The standard InChI is InChI=1S/C13H27N3O/c1-11(12(17)14-13(2,3)4)10-16(7)9-8-15(5)6/h1,8-10H2,2-7H3,(H,14,17). The van der Waals surface area contributed by atoms with Gasteiger partial charge in [0.05, 0.1) is 0 Å². The van der Waals surface area contributed by atoms with Crippen molar-refractivity contribution in [1.82, 2.24) is 15.1 Å². The number of hydrogen-bond donors (Lipinski definition) is 1. The van der Waals surface area contributed by atoms with Crippen molar-refractivity contribution in [2.24, 2.45) is 0 Å². The van der Waals surface area contributed by atoms with Crippen molar-refractivity contribution >= 4 is 5.91 Å². The van der Waals surface area contributed by atoms with E-state index in [4.69, 9.17) is 0 Å². The molecule has 0 fully saturated rings. The fourth-order valence-electron chi connectivity index (χ4n) is 1.28. The second-order valence-corrected chi connectivity index (χ2v) is 5.85. The fourth-order valence-corrected chi connectivity index (χ4v) is 1.28. The predicted molar refractivity (Wildman–Crippen MR) is 73.1 cm³/mol. The highest BCUT2D eigenvalue weighted by Gasteiger charge is 2.16. The van der Waals surface area contributed by atoms with E-state index >= 15 is 0 Å². The molecule has 0 atom stereocenters. The first-order valence-electron chi connectivity index (χ1n) is 5.95. The van der Waals surface area contributed by atoms with Crippen LogP contribution in [0.2, 0.25) is 0 Å². The zero-order chi connectivity index (χ0) is 13.6. The zero-order valence-electron chi connectivity index (χ0n) is 12.1. The molecule has 4 heteroatoms. The van der Waals surface area contributed by atoms with Crippen molar-refractivity contribution in [3.63, 3.8) is 0 Å². The molecule has 0 heterocycles. The normalized spacial score (nSPS) is 12.0. The van der Waals surface area contributed by atoms with E-state index < -0.39 is 0 Å². The summed E-state index contributed by atoms with van der Waals surface area (Å²) < 4.78 is 0. The Balaban J connectivity index is 4.04. The minimum Gasteiger partial charge on any atom is -0.348 e. The number of hydrogen-bond acceptors (Lipinski definition) is 3. The Morgan fingerprint density at radius 2 is 1.71 bits per heavy atom. The summed E-state index contributed by atoms with van der Waals surface area (Å²) in [5.41, 5.74) is 0.406. The van der Waals surface area contributed by atoms with Crippen LogP contribution >= 0.6 is 0 Å². The summed E-state index contributed by atoms with van der Waals surface area (Å²) in [6.07, 6.45) is 0. The molecule has 0 saturated heterocycles. The third kappa shape index (κ3) is 8.89. The van der Waals surface area contributed by atoms with Crippen LogP contribution in [0.25, 0.3) is 0 Å². The van der Waals surface area contributed by atoms with Crippen molar-refractivity contribution < 1.29 is 4.79 Å². The Morgan fingerprint density at radius 1 is 1.18 bits per heavy atom. The van der Waals surface area contributed by atoms with Crippen LogP contribution in [0.4, 0.5) is 0 Å². The number of carbonyl (C=O) groups excluding carboxylic acids is 1. The zero-order valence-corrected chi connectivity index (χ0v) is 12.1. The molecule has 17 heavy (non-hydrogen) atoms. The van der Waals surface area contributed by atoms with E-state index in [-0.39, 0.29) is 11.4 Å². The van der Waals surface area contributed by atoms with Crippen LogP contribution in [0, 0.1) is 0 Å². The van der Waals surface area contributed by atoms with Crippen molar-refractivity contribution in [2.75, 3.05) is 40.8 Å². The molecule has 100 valence electrons. The molecular weight excluding hydrogens is 214 g/mol. The first-order chi connectivity index (χ1) is 7.61. The molecule has 0 bridgehead atoms. The molecule has 0 radical (unpaired) electrons. The predicted octanol–water partition coefficient (Wildman–Crippen LogP) is 0.951. The van der Waals surface area contributed by atoms with E-state index in [1.807, 2.05) is 41.9 Å². The van der Waals surface area contributed by atoms with Gasteiger partial charge in [0.2, 0.25) is 5.91 Å². The van der Waals surface area contributed by atoms with Gasteiger partial charge in [-0.2, -0.15) is 0 Å². The Kier molecular flexibility index (Phi) is 6.42. The topological polar surface area (TPSA) is 35.6 Å². The largest absolute Gasteiger partial charge is 0.348 e. The molecular formula is C13H27N3O. The van der Waals surface area contributed by atoms with Crippen LogP contribution < -0.4 is 5.32 Å². The lowest BCUT2D eigenvalue weighted by Gasteiger charge is -2.24. The van der Waals surface area contributed by atoms with Crippen LogP contribution in [-0.4, -0.2) is 62.0 Å². The van der Waals surface area contributed by atoms with Crippen LogP contribution in [0.15, 0.2) is 12.2 Å². The molecule has 0 rings (SSSR count). The maximum atomic E-state index is 11.8. The Labute approximate surface area is 106 Å². The number of amides is 1. The van der Waals surface area contributed by atoms with Crippen molar-refractivity contribution in [2.45, 2.75) is 26.3 Å². The molecule has 1 amide bonds. The summed E-state index contributed by atoms with van der Waals surface area (Å²) in [6, 6.07) is 0. The van der Waals surface area contributed by atoms with Crippen molar-refractivity contribution in [3.05, 3.63) is 12.2 Å². The van der Waals surface area contributed by atoms with Gasteiger partial charge >= 0.3 is 0 Å². The second-order valence-electron chi connectivity index (χ2n) is 5.85. The molecule has 0 unspecified atom stereocenters. The lowest BCUT2D eigenvalue weighted by molar-refractivity contribution is -0.119. The maximum Gasteiger partial charge on any atom is 0.248 e. The molecule has 4 nitrogen and oxygen atoms in total. The van der Waals surface area contributed by atoms with Gasteiger partial charge in [0, 0.05) is 30.7 Å². The smallest absolute Gasteiger partial charge is 0.248 e. The molecule has 1 N–H and O–H groups in total. The number of rotatable bonds is 6. The average Bonchev–Trinajstić information content (AvgIpc) is 2.11. The minimum absolute atomic E-state index is 0.0609. The first-order valence-corrected chi connectivity index (χ1v) is 5.95. The molecule has 0 aliphatic heterocycles. The van der Waals surface area contributed by atoms with Gasteiger partial charge in [-0.3, -0.25) is 4.79 Å². The average molecular weight is 241 g/mol. The van der Waals surface area contributed by atoms with Gasteiger partial charge in [-0.15, -0.1) is 0 Å². The van der Waals surface area contributed by atoms with Crippen LogP contribution in [0.1, 0.15) is 20.8 Å². The highest BCUT2D eigenvalue weighted by Crippen LogP contribution is 2.02. The van der Waals surface area contributed by atoms with Crippen LogP contribution in [-0.2, 0) is 4.79 Å². The summed E-state index contributed by atoms with van der Waals surface area (Å²) in [4.78, 5) is 16.0. The first kappa shape index (κ1) is 16.1. The highest BCUT2D eigenvalue weighted by atomic mass is 16.1. The van der Waals surface area contributed by atoms with Crippen molar-refractivity contribution in [1.29, 1.82) is 0 Å². The van der Waals surface area contributed by atoms with Crippen LogP contribution in [0.3, 0.4) is 0 Å². The highest BCUT2D eigenvalue weighted by molar-refractivity contribution is 5.93. The molecule has 0 aliphatic carbocycles. The second kappa shape index (κ2) is 6.77. The number of carbonyl (C=O) groups is 1. The molecule has 0 aromatic rings. The third-order valence-electron chi connectivity index (χ3n) is 2.20. The van der Waals surface area contributed by atoms with Gasteiger partial charge in [-0.25, -0.2) is 0 Å². The van der Waals surface area contributed by atoms with E-state index in [0.29, 0.717) is 12.1 Å². The summed E-state index contributed by atoms with van der Waals surface area (Å²) in [7, 11) is 6.07. The van der Waals surface area contributed by atoms with Gasteiger partial charge in [-0.1, -0.05) is 6.58 Å². The van der Waals surface area contributed by atoms with Gasteiger partial charge in [-0.05, 0) is 41.9 Å². The SMILES string of the molecule is C=C(CN(C)CCN(C)C)C(=O)NC(C)(C)C. The Hall–Kier alpha value is -0.870. The Bertz CT molecular complexity index is 266. The summed E-state index contributed by atoms with van der Waals surface area (Å²) in [5, 5.41) is 2.91. The summed E-state index contributed by atoms with van der Waals surface area (Å²) in [6.45, 7) is 12.2. The number of nitrogens with one attached hydrogen (secondary N) is 1. The molecule has 0 aromatic heterocycles. The minimum atomic E-state index is -0.206. The van der Waals surface area contributed by atoms with E-state index in [2.05, 4.69) is 21.7 Å². The van der Waals surface area contributed by atoms with E-state index in [1.165, 1.54) is 0 Å². The lowest BCUT2D eigenvalue weighted by atomic mass is 10.1. The monoisotopic (exact) mass is 241 g/mol. The third-order valence-corrected chi connectivity index (χ3v) is 2.20. The van der Waals surface area contributed by atoms with Gasteiger partial charge in [0.1, 0.15) is 0 Å².